The number of carbonyl (C=O) groups is 1. The molecule has 0 aromatic carbocycles. The summed E-state index contributed by atoms with van der Waals surface area (Å²) in [5.41, 5.74) is 1.75. The molecule has 2 saturated heterocycles. The van der Waals surface area contributed by atoms with Gasteiger partial charge in [-0.1, -0.05) is 9.64 Å². The number of aryl methyl sites for hydroxylation is 1. The third kappa shape index (κ3) is 2.95. The number of rotatable bonds is 3. The van der Waals surface area contributed by atoms with E-state index < -0.39 is 0 Å². The Labute approximate surface area is 144 Å². The highest BCUT2D eigenvalue weighted by Crippen LogP contribution is 2.36. The number of ether oxygens (including phenoxy) is 1. The lowest BCUT2D eigenvalue weighted by Gasteiger charge is -2.33. The molecule has 128 valence electrons. The van der Waals surface area contributed by atoms with Gasteiger partial charge in [-0.3, -0.25) is 4.79 Å². The van der Waals surface area contributed by atoms with Crippen LogP contribution in [-0.2, 0) is 9.53 Å². The van der Waals surface area contributed by atoms with Gasteiger partial charge in [-0.25, -0.2) is 0 Å². The zero-order valence-corrected chi connectivity index (χ0v) is 14.4. The fourth-order valence-corrected chi connectivity index (χ4v) is 4.18. The second kappa shape index (κ2) is 6.60. The average Bonchev–Trinajstić information content (AvgIpc) is 3.35. The molecule has 2 aromatic heterocycles. The van der Waals surface area contributed by atoms with Crippen molar-refractivity contribution in [3.05, 3.63) is 17.5 Å². The quantitative estimate of drug-likeness (QED) is 0.847. The van der Waals surface area contributed by atoms with Crippen molar-refractivity contribution in [2.75, 3.05) is 19.7 Å². The van der Waals surface area contributed by atoms with E-state index in [1.807, 2.05) is 17.9 Å². The lowest BCUT2D eigenvalue weighted by Crippen LogP contribution is -2.44. The van der Waals surface area contributed by atoms with E-state index in [-0.39, 0.29) is 17.9 Å². The summed E-state index contributed by atoms with van der Waals surface area (Å²) in [5.74, 6) is 1.01. The zero-order chi connectivity index (χ0) is 16.5. The maximum absolute atomic E-state index is 12.6. The van der Waals surface area contributed by atoms with Gasteiger partial charge in [0.25, 0.3) is 5.91 Å². The van der Waals surface area contributed by atoms with Crippen molar-refractivity contribution in [1.82, 2.24) is 19.6 Å². The summed E-state index contributed by atoms with van der Waals surface area (Å²) >= 11 is 1.32. The van der Waals surface area contributed by atoms with Crippen LogP contribution in [0.1, 0.15) is 43.0 Å². The van der Waals surface area contributed by atoms with E-state index in [9.17, 15) is 4.79 Å². The van der Waals surface area contributed by atoms with Crippen molar-refractivity contribution in [1.29, 1.82) is 0 Å². The molecule has 4 heterocycles. The number of amides is 1. The number of hydrogen-bond acceptors (Lipinski definition) is 7. The van der Waals surface area contributed by atoms with Gasteiger partial charge >= 0.3 is 0 Å². The monoisotopic (exact) mass is 348 g/mol. The number of likely N-dealkylation sites (tertiary alicyclic amines) is 1. The average molecular weight is 348 g/mol. The van der Waals surface area contributed by atoms with Crippen LogP contribution < -0.4 is 0 Å². The lowest BCUT2D eigenvalue weighted by atomic mass is 9.93. The largest absolute Gasteiger partial charge is 0.368 e. The molecule has 4 rings (SSSR count). The number of aromatic nitrogens is 3. The predicted molar refractivity (Wildman–Crippen MR) is 87.7 cm³/mol. The molecule has 0 radical (unpaired) electrons. The summed E-state index contributed by atoms with van der Waals surface area (Å²) < 4.78 is 15.0. The van der Waals surface area contributed by atoms with Crippen LogP contribution in [0.5, 0.6) is 0 Å². The molecule has 24 heavy (non-hydrogen) atoms. The van der Waals surface area contributed by atoms with E-state index in [1.165, 1.54) is 11.5 Å². The van der Waals surface area contributed by atoms with Crippen LogP contribution in [0.25, 0.3) is 10.6 Å². The minimum absolute atomic E-state index is 0.123. The molecular weight excluding hydrogens is 328 g/mol. The summed E-state index contributed by atoms with van der Waals surface area (Å²) in [6.45, 7) is 4.05. The van der Waals surface area contributed by atoms with Gasteiger partial charge in [0, 0.05) is 31.7 Å². The van der Waals surface area contributed by atoms with Crippen molar-refractivity contribution in [3.8, 4) is 10.6 Å². The van der Waals surface area contributed by atoms with E-state index >= 15 is 0 Å². The first-order valence-corrected chi connectivity index (χ1v) is 9.16. The summed E-state index contributed by atoms with van der Waals surface area (Å²) in [6.07, 6.45) is 3.52. The molecule has 2 fully saturated rings. The molecule has 2 atom stereocenters. The van der Waals surface area contributed by atoms with Crippen molar-refractivity contribution in [3.63, 3.8) is 0 Å². The van der Waals surface area contributed by atoms with Gasteiger partial charge in [-0.15, -0.1) is 5.10 Å². The highest BCUT2D eigenvalue weighted by Gasteiger charge is 2.34. The van der Waals surface area contributed by atoms with E-state index in [4.69, 9.17) is 9.26 Å². The maximum atomic E-state index is 12.6. The molecule has 0 aliphatic carbocycles. The second-order valence-corrected chi connectivity index (χ2v) is 7.20. The smallest absolute Gasteiger partial charge is 0.251 e. The maximum Gasteiger partial charge on any atom is 0.251 e. The Kier molecular flexibility index (Phi) is 4.32. The Morgan fingerprint density at radius 2 is 2.29 bits per heavy atom. The molecule has 0 unspecified atom stereocenters. The van der Waals surface area contributed by atoms with E-state index in [2.05, 4.69) is 14.7 Å². The minimum atomic E-state index is -0.256. The van der Waals surface area contributed by atoms with Gasteiger partial charge in [-0.05, 0) is 44.1 Å². The van der Waals surface area contributed by atoms with Gasteiger partial charge in [0.05, 0.1) is 11.4 Å². The zero-order valence-electron chi connectivity index (χ0n) is 13.6. The molecular formula is C16H20N4O3S. The Morgan fingerprint density at radius 1 is 1.38 bits per heavy atom. The molecule has 2 aromatic rings. The fraction of sp³-hybridized carbons (Fsp3) is 0.625. The van der Waals surface area contributed by atoms with Crippen molar-refractivity contribution >= 4 is 17.4 Å². The molecule has 0 spiro atoms. The van der Waals surface area contributed by atoms with Crippen LogP contribution >= 0.6 is 11.5 Å². The SMILES string of the molecule is Cc1cc(-c2snnc2[C@H]2CCCN(C(=O)[C@H]3CCCO3)C2)on1. The second-order valence-electron chi connectivity index (χ2n) is 6.44. The van der Waals surface area contributed by atoms with Crippen LogP contribution in [-0.4, -0.2) is 51.4 Å². The molecule has 1 amide bonds. The first-order valence-electron chi connectivity index (χ1n) is 8.38. The Hall–Kier alpha value is -1.80. The first kappa shape index (κ1) is 15.7. The number of piperidine rings is 1. The summed E-state index contributed by atoms with van der Waals surface area (Å²) in [7, 11) is 0. The van der Waals surface area contributed by atoms with Crippen LogP contribution in [0.4, 0.5) is 0 Å². The van der Waals surface area contributed by atoms with Crippen molar-refractivity contribution in [2.45, 2.75) is 44.6 Å². The van der Waals surface area contributed by atoms with Crippen molar-refractivity contribution < 1.29 is 14.1 Å². The van der Waals surface area contributed by atoms with Gasteiger partial charge < -0.3 is 14.2 Å². The molecule has 0 bridgehead atoms. The van der Waals surface area contributed by atoms with Crippen LogP contribution in [0, 0.1) is 6.92 Å². The Morgan fingerprint density at radius 3 is 3.04 bits per heavy atom. The van der Waals surface area contributed by atoms with Gasteiger partial charge in [0.1, 0.15) is 11.0 Å². The van der Waals surface area contributed by atoms with E-state index in [0.29, 0.717) is 18.9 Å². The molecule has 8 heteroatoms. The minimum Gasteiger partial charge on any atom is -0.368 e. The first-order chi connectivity index (χ1) is 11.7. The highest BCUT2D eigenvalue weighted by molar-refractivity contribution is 7.09. The normalized spacial score (nSPS) is 24.5. The standard InChI is InChI=1S/C16H20N4O3S/c1-10-8-13(23-18-10)15-14(17-19-24-15)11-4-2-6-20(9-11)16(21)12-5-3-7-22-12/h8,11-12H,2-7,9H2,1H3/t11-,12+/m0/s1. The number of carbonyl (C=O) groups excluding carboxylic acids is 1. The van der Waals surface area contributed by atoms with Crippen LogP contribution in [0.3, 0.4) is 0 Å². The predicted octanol–water partition coefficient (Wildman–Crippen LogP) is 2.39. The molecule has 0 saturated carbocycles. The van der Waals surface area contributed by atoms with Gasteiger partial charge in [0.15, 0.2) is 5.76 Å². The fourth-order valence-electron chi connectivity index (χ4n) is 3.48. The summed E-state index contributed by atoms with van der Waals surface area (Å²) in [4.78, 5) is 15.5. The van der Waals surface area contributed by atoms with Crippen LogP contribution in [0.2, 0.25) is 0 Å². The summed E-state index contributed by atoms with van der Waals surface area (Å²) in [6, 6.07) is 1.90. The molecule has 2 aliphatic rings. The number of nitrogens with zero attached hydrogens (tertiary/aromatic N) is 4. The van der Waals surface area contributed by atoms with Crippen molar-refractivity contribution in [2.24, 2.45) is 0 Å². The Balaban J connectivity index is 1.52. The highest BCUT2D eigenvalue weighted by atomic mass is 32.1. The molecule has 7 nitrogen and oxygen atoms in total. The molecule has 0 N–H and O–H groups in total. The van der Waals surface area contributed by atoms with Gasteiger partial charge in [-0.2, -0.15) is 0 Å². The third-order valence-electron chi connectivity index (χ3n) is 4.69. The summed E-state index contributed by atoms with van der Waals surface area (Å²) in [5, 5.41) is 8.28. The number of hydrogen-bond donors (Lipinski definition) is 0. The third-order valence-corrected chi connectivity index (χ3v) is 5.45. The Bertz CT molecular complexity index is 722. The van der Waals surface area contributed by atoms with Crippen LogP contribution in [0.15, 0.2) is 10.6 Å². The lowest BCUT2D eigenvalue weighted by molar-refractivity contribution is -0.142. The molecule has 2 aliphatic heterocycles. The van der Waals surface area contributed by atoms with Gasteiger partial charge in [0.2, 0.25) is 0 Å². The van der Waals surface area contributed by atoms with E-state index in [1.54, 1.807) is 0 Å². The topological polar surface area (TPSA) is 81.4 Å². The van der Waals surface area contributed by atoms with E-state index in [0.717, 1.165) is 48.5 Å².